The van der Waals surface area contributed by atoms with Crippen molar-refractivity contribution in [3.05, 3.63) is 47.4 Å². The molecule has 1 aromatic heterocycles. The van der Waals surface area contributed by atoms with E-state index in [0.717, 1.165) is 12.1 Å². The molecular weight excluding hydrogens is 392 g/mol. The minimum absolute atomic E-state index is 0.0960. The van der Waals surface area contributed by atoms with Crippen LogP contribution in [0.15, 0.2) is 41.5 Å². The van der Waals surface area contributed by atoms with E-state index < -0.39 is 24.3 Å². The number of hydrogen-bond donors (Lipinski definition) is 5. The summed E-state index contributed by atoms with van der Waals surface area (Å²) in [6.07, 6.45) is -3.10. The van der Waals surface area contributed by atoms with Crippen molar-refractivity contribution < 1.29 is 22.8 Å². The SMILES string of the molecule is ONC(=Nc1ccc(F)c(Cl)c1)C1(NCC(F)(F)F)Nc2cccnc2N1. The number of fused-ring (bicyclic) bond motifs is 1. The fourth-order valence-electron chi connectivity index (χ4n) is 2.42. The number of hydroxylamine groups is 1. The molecule has 1 unspecified atom stereocenters. The lowest BCUT2D eigenvalue weighted by molar-refractivity contribution is -0.126. The van der Waals surface area contributed by atoms with Gasteiger partial charge in [-0.3, -0.25) is 16.0 Å². The molecule has 0 fully saturated rings. The molecule has 0 bridgehead atoms. The minimum Gasteiger partial charge on any atom is -0.341 e. The summed E-state index contributed by atoms with van der Waals surface area (Å²) >= 11 is 5.70. The van der Waals surface area contributed by atoms with Crippen molar-refractivity contribution in [3.63, 3.8) is 0 Å². The maximum atomic E-state index is 13.3. The van der Waals surface area contributed by atoms with Crippen LogP contribution in [0.4, 0.5) is 34.8 Å². The van der Waals surface area contributed by atoms with Crippen LogP contribution in [-0.4, -0.2) is 34.5 Å². The van der Waals surface area contributed by atoms with Gasteiger partial charge in [-0.05, 0) is 30.3 Å². The van der Waals surface area contributed by atoms with Gasteiger partial charge in [0.1, 0.15) is 5.82 Å². The molecule has 0 amide bonds. The number of nitrogens with one attached hydrogen (secondary N) is 4. The molecule has 0 saturated heterocycles. The van der Waals surface area contributed by atoms with Gasteiger partial charge in [-0.25, -0.2) is 14.4 Å². The molecule has 0 radical (unpaired) electrons. The predicted octanol–water partition coefficient (Wildman–Crippen LogP) is 3.23. The van der Waals surface area contributed by atoms with Crippen molar-refractivity contribution in [2.45, 2.75) is 12.0 Å². The van der Waals surface area contributed by atoms with Crippen LogP contribution in [0.3, 0.4) is 0 Å². The third-order valence-electron chi connectivity index (χ3n) is 3.59. The van der Waals surface area contributed by atoms with E-state index in [1.807, 2.05) is 0 Å². The molecule has 1 aromatic carbocycles. The first kappa shape index (κ1) is 19.1. The summed E-state index contributed by atoms with van der Waals surface area (Å²) in [7, 11) is 0. The molecule has 27 heavy (non-hydrogen) atoms. The second-order valence-corrected chi connectivity index (χ2v) is 5.95. The van der Waals surface area contributed by atoms with Gasteiger partial charge >= 0.3 is 6.18 Å². The van der Waals surface area contributed by atoms with Gasteiger partial charge in [-0.1, -0.05) is 11.6 Å². The largest absolute Gasteiger partial charge is 0.401 e. The average molecular weight is 405 g/mol. The van der Waals surface area contributed by atoms with E-state index in [-0.39, 0.29) is 22.4 Å². The number of rotatable bonds is 4. The summed E-state index contributed by atoms with van der Waals surface area (Å²) in [4.78, 5) is 8.06. The van der Waals surface area contributed by atoms with E-state index >= 15 is 0 Å². The highest BCUT2D eigenvalue weighted by Crippen LogP contribution is 2.32. The number of halogens is 5. The fourth-order valence-corrected chi connectivity index (χ4v) is 2.59. The first-order valence-electron chi connectivity index (χ1n) is 7.50. The van der Waals surface area contributed by atoms with E-state index in [2.05, 4.69) is 25.9 Å². The summed E-state index contributed by atoms with van der Waals surface area (Å²) in [5, 5.41) is 17.0. The number of benzene rings is 1. The number of aromatic nitrogens is 1. The number of nitrogens with zero attached hydrogens (tertiary/aromatic N) is 2. The lowest BCUT2D eigenvalue weighted by Gasteiger charge is -2.32. The van der Waals surface area contributed by atoms with Crippen molar-refractivity contribution in [2.75, 3.05) is 17.2 Å². The number of aliphatic imine (C=N–C) groups is 1. The van der Waals surface area contributed by atoms with E-state index in [4.69, 9.17) is 11.6 Å². The molecule has 0 aliphatic carbocycles. The molecular formula is C15H13ClF4N6O. The molecule has 2 heterocycles. The fraction of sp³-hybridized carbons (Fsp3) is 0.200. The molecule has 5 N–H and O–H groups in total. The van der Waals surface area contributed by atoms with Gasteiger partial charge < -0.3 is 10.6 Å². The smallest absolute Gasteiger partial charge is 0.341 e. The Balaban J connectivity index is 2.00. The Morgan fingerprint density at radius 3 is 2.70 bits per heavy atom. The molecule has 1 aliphatic rings. The third-order valence-corrected chi connectivity index (χ3v) is 3.88. The molecule has 12 heteroatoms. The molecule has 2 aromatic rings. The summed E-state index contributed by atoms with van der Waals surface area (Å²) in [6, 6.07) is 6.60. The quantitative estimate of drug-likeness (QED) is 0.232. The second-order valence-electron chi connectivity index (χ2n) is 5.54. The number of hydrogen-bond acceptors (Lipinski definition) is 6. The second kappa shape index (κ2) is 7.18. The van der Waals surface area contributed by atoms with E-state index in [0.29, 0.717) is 5.69 Å². The molecule has 0 saturated carbocycles. The lowest BCUT2D eigenvalue weighted by Crippen LogP contribution is -2.66. The zero-order valence-corrected chi connectivity index (χ0v) is 14.2. The molecule has 1 atom stereocenters. The maximum Gasteiger partial charge on any atom is 0.401 e. The Morgan fingerprint density at radius 1 is 1.30 bits per heavy atom. The van der Waals surface area contributed by atoms with E-state index in [1.165, 1.54) is 12.3 Å². The average Bonchev–Trinajstić information content (AvgIpc) is 3.00. The van der Waals surface area contributed by atoms with E-state index in [1.54, 1.807) is 17.6 Å². The monoisotopic (exact) mass is 404 g/mol. The van der Waals surface area contributed by atoms with Crippen LogP contribution in [0.5, 0.6) is 0 Å². The topological polar surface area (TPSA) is 93.6 Å². The van der Waals surface area contributed by atoms with Crippen molar-refractivity contribution >= 4 is 34.6 Å². The van der Waals surface area contributed by atoms with Crippen LogP contribution in [0.25, 0.3) is 0 Å². The Morgan fingerprint density at radius 2 is 2.07 bits per heavy atom. The Kier molecular flexibility index (Phi) is 5.09. The van der Waals surface area contributed by atoms with Gasteiger partial charge in [0.15, 0.2) is 11.7 Å². The first-order chi connectivity index (χ1) is 12.7. The number of alkyl halides is 3. The number of pyridine rings is 1. The summed E-state index contributed by atoms with van der Waals surface area (Å²) in [5.41, 5.74) is 2.25. The van der Waals surface area contributed by atoms with Gasteiger partial charge in [-0.15, -0.1) is 0 Å². The van der Waals surface area contributed by atoms with Crippen LogP contribution in [0.2, 0.25) is 5.02 Å². The molecule has 3 rings (SSSR count). The molecule has 0 spiro atoms. The molecule has 144 valence electrons. The van der Waals surface area contributed by atoms with Crippen LogP contribution in [0.1, 0.15) is 0 Å². The van der Waals surface area contributed by atoms with Gasteiger partial charge in [0, 0.05) is 6.20 Å². The van der Waals surface area contributed by atoms with Gasteiger partial charge in [0.25, 0.3) is 0 Å². The highest BCUT2D eigenvalue weighted by molar-refractivity contribution is 6.31. The minimum atomic E-state index is -4.54. The van der Waals surface area contributed by atoms with Crippen LogP contribution < -0.4 is 21.4 Å². The van der Waals surface area contributed by atoms with Gasteiger partial charge in [0.2, 0.25) is 5.79 Å². The standard InChI is InChI=1S/C15H13ClF4N6O/c16-9-6-8(3-4-10(9)17)23-13(26-27)15(22-7-14(18,19)20)24-11-2-1-5-21-12(11)25-15/h1-6,22,24,27H,7H2,(H,21,25)(H,23,26). The normalized spacial score (nSPS) is 19.3. The Bertz CT molecular complexity index is 851. The highest BCUT2D eigenvalue weighted by atomic mass is 35.5. The predicted molar refractivity (Wildman–Crippen MR) is 91.7 cm³/mol. The van der Waals surface area contributed by atoms with Crippen LogP contribution >= 0.6 is 11.6 Å². The van der Waals surface area contributed by atoms with Crippen molar-refractivity contribution in [1.82, 2.24) is 15.8 Å². The lowest BCUT2D eigenvalue weighted by atomic mass is 10.2. The van der Waals surface area contributed by atoms with Gasteiger partial charge in [0.05, 0.1) is 22.9 Å². The Labute approximate surface area is 155 Å². The summed E-state index contributed by atoms with van der Waals surface area (Å²) in [5.74, 6) is -2.67. The van der Waals surface area contributed by atoms with Crippen LogP contribution in [0, 0.1) is 5.82 Å². The first-order valence-corrected chi connectivity index (χ1v) is 7.88. The molecule has 1 aliphatic heterocycles. The zero-order valence-electron chi connectivity index (χ0n) is 13.4. The van der Waals surface area contributed by atoms with Gasteiger partial charge in [-0.2, -0.15) is 13.2 Å². The maximum absolute atomic E-state index is 13.3. The molecule has 7 nitrogen and oxygen atoms in total. The van der Waals surface area contributed by atoms with Crippen molar-refractivity contribution in [3.8, 4) is 0 Å². The summed E-state index contributed by atoms with van der Waals surface area (Å²) < 4.78 is 51.7. The Hall–Kier alpha value is -2.63. The van der Waals surface area contributed by atoms with Crippen molar-refractivity contribution in [2.24, 2.45) is 4.99 Å². The van der Waals surface area contributed by atoms with Crippen molar-refractivity contribution in [1.29, 1.82) is 0 Å². The third kappa shape index (κ3) is 4.21. The summed E-state index contributed by atoms with van der Waals surface area (Å²) in [6.45, 7) is -1.41. The van der Waals surface area contributed by atoms with E-state index in [9.17, 15) is 22.8 Å². The van der Waals surface area contributed by atoms with Crippen LogP contribution in [-0.2, 0) is 0 Å². The number of amidine groups is 1. The zero-order chi connectivity index (χ0) is 19.7. The number of anilines is 2. The highest BCUT2D eigenvalue weighted by Gasteiger charge is 2.45.